The summed E-state index contributed by atoms with van der Waals surface area (Å²) in [7, 11) is 0. The van der Waals surface area contributed by atoms with Crippen molar-refractivity contribution in [3.8, 4) is 0 Å². The number of para-hydroxylation sites is 1. The minimum atomic E-state index is -0.452. The maximum atomic E-state index is 12.5. The number of fused-ring (bicyclic) bond motifs is 1. The lowest BCUT2D eigenvalue weighted by Crippen LogP contribution is -2.34. The van der Waals surface area contributed by atoms with Gasteiger partial charge in [-0.05, 0) is 37.1 Å². The van der Waals surface area contributed by atoms with E-state index in [1.54, 1.807) is 30.2 Å². The number of nitrogens with zero attached hydrogens (tertiary/aromatic N) is 2. The highest BCUT2D eigenvalue weighted by molar-refractivity contribution is 5.99. The first-order valence-corrected chi connectivity index (χ1v) is 7.95. The Balaban J connectivity index is 1.69. The summed E-state index contributed by atoms with van der Waals surface area (Å²) in [4.78, 5) is 30.3. The molecule has 1 N–H and O–H groups in total. The van der Waals surface area contributed by atoms with Gasteiger partial charge in [-0.3, -0.25) is 4.79 Å². The third-order valence-corrected chi connectivity index (χ3v) is 3.90. The van der Waals surface area contributed by atoms with Crippen LogP contribution in [-0.4, -0.2) is 36.6 Å². The predicted octanol–water partition coefficient (Wildman–Crippen LogP) is 2.26. The van der Waals surface area contributed by atoms with Crippen molar-refractivity contribution in [2.24, 2.45) is 0 Å². The lowest BCUT2D eigenvalue weighted by molar-refractivity contribution is -0.116. The SMILES string of the molecule is CCOC(=O)c1cccnc1NCC(=O)N1CCc2ccccc21. The molecule has 0 unspecified atom stereocenters. The van der Waals surface area contributed by atoms with Crippen molar-refractivity contribution in [3.63, 3.8) is 0 Å². The predicted molar refractivity (Wildman–Crippen MR) is 91.2 cm³/mol. The molecule has 124 valence electrons. The van der Waals surface area contributed by atoms with Crippen molar-refractivity contribution >= 4 is 23.4 Å². The fraction of sp³-hybridized carbons (Fsp3) is 0.278. The van der Waals surface area contributed by atoms with Crippen LogP contribution in [0.4, 0.5) is 11.5 Å². The summed E-state index contributed by atoms with van der Waals surface area (Å²) in [5.41, 5.74) is 2.46. The molecule has 0 saturated carbocycles. The maximum absolute atomic E-state index is 12.5. The van der Waals surface area contributed by atoms with Gasteiger partial charge in [0.05, 0.1) is 13.2 Å². The summed E-state index contributed by atoms with van der Waals surface area (Å²) in [6.45, 7) is 2.77. The highest BCUT2D eigenvalue weighted by Crippen LogP contribution is 2.27. The third-order valence-electron chi connectivity index (χ3n) is 3.90. The molecule has 0 radical (unpaired) electrons. The number of hydrogen-bond acceptors (Lipinski definition) is 5. The van der Waals surface area contributed by atoms with Crippen LogP contribution in [0.5, 0.6) is 0 Å². The zero-order valence-corrected chi connectivity index (χ0v) is 13.5. The van der Waals surface area contributed by atoms with Crippen LogP contribution in [0.2, 0.25) is 0 Å². The van der Waals surface area contributed by atoms with Crippen molar-refractivity contribution in [3.05, 3.63) is 53.7 Å². The van der Waals surface area contributed by atoms with Crippen LogP contribution in [0.25, 0.3) is 0 Å². The zero-order valence-electron chi connectivity index (χ0n) is 13.5. The van der Waals surface area contributed by atoms with Gasteiger partial charge in [0.15, 0.2) is 0 Å². The Morgan fingerprint density at radius 1 is 1.25 bits per heavy atom. The molecule has 1 amide bonds. The number of esters is 1. The van der Waals surface area contributed by atoms with E-state index in [9.17, 15) is 9.59 Å². The molecule has 1 aliphatic heterocycles. The summed E-state index contributed by atoms with van der Waals surface area (Å²) < 4.78 is 5.01. The molecule has 0 saturated heterocycles. The molecule has 2 heterocycles. The van der Waals surface area contributed by atoms with Gasteiger partial charge in [-0.1, -0.05) is 18.2 Å². The van der Waals surface area contributed by atoms with E-state index in [1.807, 2.05) is 24.3 Å². The molecule has 1 aromatic heterocycles. The lowest BCUT2D eigenvalue weighted by atomic mass is 10.2. The summed E-state index contributed by atoms with van der Waals surface area (Å²) in [5, 5.41) is 2.96. The van der Waals surface area contributed by atoms with Crippen LogP contribution in [0.3, 0.4) is 0 Å². The lowest BCUT2D eigenvalue weighted by Gasteiger charge is -2.18. The van der Waals surface area contributed by atoms with Crippen molar-refractivity contribution in [1.82, 2.24) is 4.98 Å². The fourth-order valence-electron chi connectivity index (χ4n) is 2.77. The Morgan fingerprint density at radius 3 is 2.92 bits per heavy atom. The number of aromatic nitrogens is 1. The van der Waals surface area contributed by atoms with Crippen LogP contribution in [0, 0.1) is 0 Å². The van der Waals surface area contributed by atoms with Gasteiger partial charge in [-0.25, -0.2) is 9.78 Å². The van der Waals surface area contributed by atoms with Crippen LogP contribution in [-0.2, 0) is 16.0 Å². The molecule has 0 bridgehead atoms. The van der Waals surface area contributed by atoms with Crippen molar-refractivity contribution in [2.75, 3.05) is 29.9 Å². The topological polar surface area (TPSA) is 71.5 Å². The summed E-state index contributed by atoms with van der Waals surface area (Å²) in [6, 6.07) is 11.2. The average Bonchev–Trinajstić information content (AvgIpc) is 3.04. The van der Waals surface area contributed by atoms with Gasteiger partial charge in [0.1, 0.15) is 11.4 Å². The normalized spacial score (nSPS) is 12.6. The quantitative estimate of drug-likeness (QED) is 0.854. The molecule has 2 aromatic rings. The smallest absolute Gasteiger partial charge is 0.341 e. The molecule has 6 heteroatoms. The largest absolute Gasteiger partial charge is 0.462 e. The number of nitrogens with one attached hydrogen (secondary N) is 1. The average molecular weight is 325 g/mol. The molecule has 6 nitrogen and oxygen atoms in total. The monoisotopic (exact) mass is 325 g/mol. The Kier molecular flexibility index (Phi) is 4.74. The van der Waals surface area contributed by atoms with Crippen molar-refractivity contribution in [1.29, 1.82) is 0 Å². The minimum Gasteiger partial charge on any atom is -0.462 e. The number of hydrogen-bond donors (Lipinski definition) is 1. The highest BCUT2D eigenvalue weighted by Gasteiger charge is 2.24. The third kappa shape index (κ3) is 3.22. The molecule has 1 aliphatic rings. The van der Waals surface area contributed by atoms with E-state index < -0.39 is 5.97 Å². The van der Waals surface area contributed by atoms with Gasteiger partial charge in [0.2, 0.25) is 5.91 Å². The van der Waals surface area contributed by atoms with Crippen molar-refractivity contribution < 1.29 is 14.3 Å². The van der Waals surface area contributed by atoms with E-state index in [4.69, 9.17) is 4.74 Å². The van der Waals surface area contributed by atoms with Gasteiger partial charge < -0.3 is 15.0 Å². The number of carbonyl (C=O) groups excluding carboxylic acids is 2. The number of ether oxygens (including phenoxy) is 1. The first-order chi connectivity index (χ1) is 11.7. The Labute approximate surface area is 140 Å². The number of carbonyl (C=O) groups is 2. The second-order valence-corrected chi connectivity index (χ2v) is 5.40. The molecule has 0 atom stereocenters. The van der Waals surface area contributed by atoms with Crippen LogP contribution in [0.1, 0.15) is 22.8 Å². The summed E-state index contributed by atoms with van der Waals surface area (Å²) >= 11 is 0. The first kappa shape index (κ1) is 16.0. The van der Waals surface area contributed by atoms with E-state index in [1.165, 1.54) is 5.56 Å². The molecular weight excluding hydrogens is 306 g/mol. The van der Waals surface area contributed by atoms with E-state index >= 15 is 0 Å². The Morgan fingerprint density at radius 2 is 2.08 bits per heavy atom. The van der Waals surface area contributed by atoms with Gasteiger partial charge in [0, 0.05) is 18.4 Å². The highest BCUT2D eigenvalue weighted by atomic mass is 16.5. The van der Waals surface area contributed by atoms with Gasteiger partial charge in [-0.15, -0.1) is 0 Å². The molecule has 24 heavy (non-hydrogen) atoms. The standard InChI is InChI=1S/C18H19N3O3/c1-2-24-18(23)14-7-5-10-19-17(14)20-12-16(22)21-11-9-13-6-3-4-8-15(13)21/h3-8,10H,2,9,11-12H2,1H3,(H,19,20). The second kappa shape index (κ2) is 7.12. The van der Waals surface area contributed by atoms with Crippen molar-refractivity contribution in [2.45, 2.75) is 13.3 Å². The fourth-order valence-corrected chi connectivity index (χ4v) is 2.77. The van der Waals surface area contributed by atoms with Gasteiger partial charge in [0.25, 0.3) is 0 Å². The van der Waals surface area contributed by atoms with E-state index in [-0.39, 0.29) is 19.1 Å². The number of benzene rings is 1. The van der Waals surface area contributed by atoms with E-state index in [2.05, 4.69) is 10.3 Å². The molecule has 0 fully saturated rings. The molecule has 1 aromatic carbocycles. The number of rotatable bonds is 5. The van der Waals surface area contributed by atoms with Crippen LogP contribution < -0.4 is 10.2 Å². The second-order valence-electron chi connectivity index (χ2n) is 5.40. The summed E-state index contributed by atoms with van der Waals surface area (Å²) in [6.07, 6.45) is 2.43. The van der Waals surface area contributed by atoms with E-state index in [0.29, 0.717) is 17.9 Å². The Bertz CT molecular complexity index is 761. The van der Waals surface area contributed by atoms with Gasteiger partial charge >= 0.3 is 5.97 Å². The zero-order chi connectivity index (χ0) is 16.9. The van der Waals surface area contributed by atoms with Crippen LogP contribution >= 0.6 is 0 Å². The summed E-state index contributed by atoms with van der Waals surface area (Å²) in [5.74, 6) is -0.149. The molecular formula is C18H19N3O3. The first-order valence-electron chi connectivity index (χ1n) is 7.95. The minimum absolute atomic E-state index is 0.0552. The molecule has 0 spiro atoms. The number of pyridine rings is 1. The maximum Gasteiger partial charge on any atom is 0.341 e. The molecule has 0 aliphatic carbocycles. The van der Waals surface area contributed by atoms with Gasteiger partial charge in [-0.2, -0.15) is 0 Å². The Hall–Kier alpha value is -2.89. The number of amides is 1. The van der Waals surface area contributed by atoms with E-state index in [0.717, 1.165) is 12.1 Å². The van der Waals surface area contributed by atoms with Crippen LogP contribution in [0.15, 0.2) is 42.6 Å². The number of anilines is 2. The molecule has 3 rings (SSSR count).